The van der Waals surface area contributed by atoms with Gasteiger partial charge in [-0.25, -0.2) is 29.9 Å². The van der Waals surface area contributed by atoms with E-state index in [-0.39, 0.29) is 0 Å². The lowest BCUT2D eigenvalue weighted by atomic mass is 10.0. The zero-order chi connectivity index (χ0) is 82.0. The van der Waals surface area contributed by atoms with Crippen LogP contribution in [0.15, 0.2) is 446 Å². The molecule has 6 aromatic heterocycles. The maximum Gasteiger partial charge on any atom is 0.164 e. The van der Waals surface area contributed by atoms with Gasteiger partial charge in [0.2, 0.25) is 0 Å². The van der Waals surface area contributed by atoms with Crippen LogP contribution in [0.5, 0.6) is 0 Å². The summed E-state index contributed by atoms with van der Waals surface area (Å²) in [6, 6.07) is 152. The van der Waals surface area contributed by atoms with E-state index in [0.717, 1.165) is 177 Å². The number of para-hydroxylation sites is 2. The largest absolute Gasteiger partial charge is 0.454 e. The van der Waals surface area contributed by atoms with E-state index in [2.05, 4.69) is 422 Å². The highest BCUT2D eigenvalue weighted by Gasteiger charge is 2.25. The van der Waals surface area contributed by atoms with Gasteiger partial charge in [0, 0.05) is 87.8 Å². The van der Waals surface area contributed by atoms with Crippen molar-refractivity contribution in [3.8, 4) is 146 Å². The van der Waals surface area contributed by atoms with E-state index in [4.69, 9.17) is 38.7 Å². The summed E-state index contributed by atoms with van der Waals surface area (Å²) in [5.41, 5.74) is 28.7. The van der Waals surface area contributed by atoms with Gasteiger partial charge >= 0.3 is 0 Å². The molecule has 0 radical (unpaired) electrons. The SMILES string of the molecule is c1ccc(-c2ccc(-c3nc(-c4ccc(-c5ccccc5)cc4)nc(-c4ccc5c(c4)oc4c5ccc5c6ccccc6n(-c6cccc(-c7ccccc7)c6)c54)n3)cc2)cc1.c1ccc(-c2cccc(-c3nc(-c4cccc(-c5ccccc5)c4)nc(-c4ccc5c(c4)oc4c5ccc5c6ccccc6n(-c6cccc(-c7ccccc7)c6)c54)n3)c2)cc1. The summed E-state index contributed by atoms with van der Waals surface area (Å²) in [4.78, 5) is 30.8. The van der Waals surface area contributed by atoms with Crippen molar-refractivity contribution >= 4 is 87.5 Å². The predicted molar refractivity (Wildman–Crippen MR) is 508 cm³/mol. The topological polar surface area (TPSA) is 113 Å². The van der Waals surface area contributed by atoms with Gasteiger partial charge in [-0.3, -0.25) is 0 Å². The molecule has 18 aromatic carbocycles. The monoisotopic (exact) mass is 1580 g/mol. The van der Waals surface area contributed by atoms with Crippen LogP contribution in [0.25, 0.3) is 234 Å². The third kappa shape index (κ3) is 13.3. The number of hydrogen-bond acceptors (Lipinski definition) is 8. The van der Waals surface area contributed by atoms with Gasteiger partial charge in [-0.05, 0) is 152 Å². The Morgan fingerprint density at radius 2 is 0.387 bits per heavy atom. The van der Waals surface area contributed by atoms with Gasteiger partial charge < -0.3 is 18.0 Å². The Balaban J connectivity index is 0.000000143. The molecule has 0 saturated heterocycles. The number of rotatable bonds is 14. The van der Waals surface area contributed by atoms with E-state index in [1.54, 1.807) is 0 Å². The van der Waals surface area contributed by atoms with Crippen LogP contribution in [0, 0.1) is 0 Å². The molecule has 0 spiro atoms. The molecule has 0 amide bonds. The quantitative estimate of drug-likeness (QED) is 0.106. The zero-order valence-corrected chi connectivity index (χ0v) is 67.0. The maximum absolute atomic E-state index is 7.00. The number of furan rings is 2. The Kier molecular flexibility index (Phi) is 18.0. The van der Waals surface area contributed by atoms with Gasteiger partial charge in [0.15, 0.2) is 46.1 Å². The van der Waals surface area contributed by atoms with E-state index in [9.17, 15) is 0 Å². The molecule has 0 N–H and O–H groups in total. The summed E-state index contributed by atoms with van der Waals surface area (Å²) in [5, 5.41) is 8.79. The van der Waals surface area contributed by atoms with Gasteiger partial charge in [0.1, 0.15) is 11.2 Å². The molecule has 0 aliphatic heterocycles. The highest BCUT2D eigenvalue weighted by Crippen LogP contribution is 2.45. The molecule has 10 heteroatoms. The first-order chi connectivity index (χ1) is 61.4. The first kappa shape index (κ1) is 72.4. The van der Waals surface area contributed by atoms with Crippen LogP contribution in [0.4, 0.5) is 0 Å². The van der Waals surface area contributed by atoms with E-state index in [1.165, 1.54) is 21.9 Å². The minimum atomic E-state index is 0.569. The molecule has 0 atom stereocenters. The van der Waals surface area contributed by atoms with Gasteiger partial charge in [0.25, 0.3) is 0 Å². The van der Waals surface area contributed by atoms with Crippen molar-refractivity contribution in [3.63, 3.8) is 0 Å². The first-order valence-corrected chi connectivity index (χ1v) is 41.7. The fraction of sp³-hybridized carbons (Fsp3) is 0. The molecule has 0 unspecified atom stereocenters. The standard InChI is InChI=1S/2C57H36N4O/c1-4-15-37(16-5-1)40-21-12-24-43(33-40)55-58-56(44-25-13-22-41(34-44)38-17-6-2-7-18-38)60-57(59-55)45-29-30-48-50-32-31-49-47-27-10-11-28-51(47)61(53(49)54(50)62-52(48)36-45)46-26-14-23-42(35-46)39-19-8-3-9-20-39;1-4-13-37(14-5-1)40-23-27-42(28-24-40)55-58-56(43-29-25-41(26-30-43)38-15-6-2-7-16-38)60-57(59-55)45-31-32-48-50-34-33-49-47-21-10-11-22-51(47)61(53(49)54(50)62-52(48)36-45)46-20-12-19-44(35-46)39-17-8-3-9-18-39/h2*1-36H. The maximum atomic E-state index is 7.00. The van der Waals surface area contributed by atoms with Gasteiger partial charge in [0.05, 0.1) is 22.1 Å². The Labute approximate surface area is 713 Å². The molecule has 6 heterocycles. The second-order valence-electron chi connectivity index (χ2n) is 31.2. The predicted octanol–water partition coefficient (Wildman–Crippen LogP) is 29.7. The molecule has 0 bridgehead atoms. The number of hydrogen-bond donors (Lipinski definition) is 0. The normalized spacial score (nSPS) is 11.5. The van der Waals surface area contributed by atoms with E-state index >= 15 is 0 Å². The fourth-order valence-electron chi connectivity index (χ4n) is 17.6. The molecular weight excluding hydrogens is 1510 g/mol. The third-order valence-electron chi connectivity index (χ3n) is 23.7. The second kappa shape index (κ2) is 30.8. The molecule has 0 fully saturated rings. The molecule has 580 valence electrons. The van der Waals surface area contributed by atoms with Crippen LogP contribution >= 0.6 is 0 Å². The van der Waals surface area contributed by atoms with Crippen molar-refractivity contribution in [2.45, 2.75) is 0 Å². The Morgan fingerprint density at radius 1 is 0.153 bits per heavy atom. The second-order valence-corrected chi connectivity index (χ2v) is 31.2. The van der Waals surface area contributed by atoms with Crippen molar-refractivity contribution in [1.82, 2.24) is 39.0 Å². The molecule has 0 aliphatic carbocycles. The van der Waals surface area contributed by atoms with Crippen molar-refractivity contribution in [2.24, 2.45) is 0 Å². The lowest BCUT2D eigenvalue weighted by Gasteiger charge is -2.10. The summed E-state index contributed by atoms with van der Waals surface area (Å²) in [5.74, 6) is 3.54. The highest BCUT2D eigenvalue weighted by atomic mass is 16.3. The van der Waals surface area contributed by atoms with Crippen LogP contribution in [-0.2, 0) is 0 Å². The van der Waals surface area contributed by atoms with Crippen LogP contribution in [0.3, 0.4) is 0 Å². The molecule has 0 aliphatic rings. The lowest BCUT2D eigenvalue weighted by molar-refractivity contribution is 0.671. The smallest absolute Gasteiger partial charge is 0.164 e. The van der Waals surface area contributed by atoms with Gasteiger partial charge in [-0.2, -0.15) is 0 Å². The van der Waals surface area contributed by atoms with Crippen LogP contribution in [-0.4, -0.2) is 39.0 Å². The summed E-state index contributed by atoms with van der Waals surface area (Å²) >= 11 is 0. The average Bonchev–Trinajstić information content (AvgIpc) is 1.56. The highest BCUT2D eigenvalue weighted by molar-refractivity contribution is 6.23. The average molecular weight is 1590 g/mol. The molecule has 10 nitrogen and oxygen atoms in total. The molecule has 24 rings (SSSR count). The van der Waals surface area contributed by atoms with Crippen LogP contribution in [0.2, 0.25) is 0 Å². The molecule has 24 aromatic rings. The Bertz CT molecular complexity index is 7990. The number of benzene rings is 18. The number of fused-ring (bicyclic) bond motifs is 14. The van der Waals surface area contributed by atoms with E-state index in [0.29, 0.717) is 34.9 Å². The Morgan fingerprint density at radius 3 is 0.734 bits per heavy atom. The van der Waals surface area contributed by atoms with Crippen LogP contribution < -0.4 is 0 Å². The molecular formula is C114H72N8O2. The van der Waals surface area contributed by atoms with Crippen molar-refractivity contribution in [3.05, 3.63) is 437 Å². The summed E-state index contributed by atoms with van der Waals surface area (Å²) in [6.07, 6.45) is 0. The first-order valence-electron chi connectivity index (χ1n) is 41.7. The van der Waals surface area contributed by atoms with Gasteiger partial charge in [-0.1, -0.05) is 352 Å². The van der Waals surface area contributed by atoms with Gasteiger partial charge in [-0.15, -0.1) is 0 Å². The summed E-state index contributed by atoms with van der Waals surface area (Å²) in [6.45, 7) is 0. The molecule has 124 heavy (non-hydrogen) atoms. The minimum absolute atomic E-state index is 0.569. The number of aromatic nitrogens is 8. The summed E-state index contributed by atoms with van der Waals surface area (Å²) < 4.78 is 18.7. The zero-order valence-electron chi connectivity index (χ0n) is 67.0. The van der Waals surface area contributed by atoms with Crippen molar-refractivity contribution in [2.75, 3.05) is 0 Å². The minimum Gasteiger partial charge on any atom is -0.454 e. The van der Waals surface area contributed by atoms with Crippen molar-refractivity contribution in [1.29, 1.82) is 0 Å². The third-order valence-corrected chi connectivity index (χ3v) is 23.7. The van der Waals surface area contributed by atoms with Crippen LogP contribution in [0.1, 0.15) is 0 Å². The summed E-state index contributed by atoms with van der Waals surface area (Å²) in [7, 11) is 0. The fourth-order valence-corrected chi connectivity index (χ4v) is 17.6. The van der Waals surface area contributed by atoms with E-state index < -0.39 is 0 Å². The molecule has 0 saturated carbocycles. The van der Waals surface area contributed by atoms with Crippen molar-refractivity contribution < 1.29 is 8.83 Å². The number of nitrogens with zero attached hydrogens (tertiary/aromatic N) is 8. The van der Waals surface area contributed by atoms with E-state index in [1.807, 2.05) is 24.3 Å². The lowest BCUT2D eigenvalue weighted by Crippen LogP contribution is -2.00. The Hall–Kier alpha value is -16.8.